The first-order valence-corrected chi connectivity index (χ1v) is 10.8. The number of fused-ring (bicyclic) bond motifs is 1. The summed E-state index contributed by atoms with van der Waals surface area (Å²) in [5.41, 5.74) is 2.13. The van der Waals surface area contributed by atoms with Crippen LogP contribution in [0, 0.1) is 17.7 Å². The zero-order valence-corrected chi connectivity index (χ0v) is 17.6. The topological polar surface area (TPSA) is 54.3 Å². The van der Waals surface area contributed by atoms with Crippen LogP contribution in [0.1, 0.15) is 29.3 Å². The van der Waals surface area contributed by atoms with Gasteiger partial charge in [0.15, 0.2) is 0 Å². The van der Waals surface area contributed by atoms with Gasteiger partial charge in [0.05, 0.1) is 23.6 Å². The predicted octanol–water partition coefficient (Wildman–Crippen LogP) is 3.39. The number of carbonyl (C=O) groups excluding carboxylic acids is 1. The van der Waals surface area contributed by atoms with Crippen molar-refractivity contribution in [2.24, 2.45) is 11.8 Å². The fourth-order valence-corrected chi connectivity index (χ4v) is 5.11. The van der Waals surface area contributed by atoms with Crippen molar-refractivity contribution in [3.8, 4) is 5.69 Å². The van der Waals surface area contributed by atoms with Crippen LogP contribution in [-0.2, 0) is 6.54 Å². The summed E-state index contributed by atoms with van der Waals surface area (Å²) >= 11 is 0. The Hall–Kier alpha value is -3.06. The smallest absolute Gasteiger partial charge is 0.256 e. The fraction of sp³-hybridized carbons (Fsp3) is 0.375. The second-order valence-electron chi connectivity index (χ2n) is 8.72. The van der Waals surface area contributed by atoms with E-state index in [0.29, 0.717) is 29.6 Å². The first-order valence-electron chi connectivity index (χ1n) is 10.8. The standard InChI is InChI=1S/C24H26FN5O/c1-17-11-19-14-28(13-18-5-3-2-4-6-18)15-20(19)16-29(17)24(31)22-12-21(25)7-8-23(22)30-26-9-10-27-30/h2-10,12,17,19-20H,11,13-16H2,1H3/t17-,19+,20+/m1/s1. The Labute approximate surface area is 181 Å². The highest BCUT2D eigenvalue weighted by Gasteiger charge is 2.41. The maximum Gasteiger partial charge on any atom is 0.256 e. The lowest BCUT2D eigenvalue weighted by atomic mass is 9.84. The van der Waals surface area contributed by atoms with Gasteiger partial charge in [-0.2, -0.15) is 15.0 Å². The highest BCUT2D eigenvalue weighted by molar-refractivity contribution is 5.98. The summed E-state index contributed by atoms with van der Waals surface area (Å²) in [4.78, 5) is 19.3. The van der Waals surface area contributed by atoms with Gasteiger partial charge < -0.3 is 4.90 Å². The van der Waals surface area contributed by atoms with Crippen LogP contribution in [0.25, 0.3) is 5.69 Å². The molecule has 6 nitrogen and oxygen atoms in total. The largest absolute Gasteiger partial charge is 0.336 e. The summed E-state index contributed by atoms with van der Waals surface area (Å²) in [6, 6.07) is 14.8. The highest BCUT2D eigenvalue weighted by atomic mass is 19.1. The third-order valence-corrected chi connectivity index (χ3v) is 6.59. The Morgan fingerprint density at radius 3 is 2.55 bits per heavy atom. The van der Waals surface area contributed by atoms with E-state index >= 15 is 0 Å². The van der Waals surface area contributed by atoms with Crippen LogP contribution in [0.2, 0.25) is 0 Å². The number of halogens is 1. The maximum absolute atomic E-state index is 14.1. The minimum atomic E-state index is -0.434. The molecule has 1 amide bonds. The summed E-state index contributed by atoms with van der Waals surface area (Å²) in [6.07, 6.45) is 4.06. The van der Waals surface area contributed by atoms with Crippen LogP contribution in [0.3, 0.4) is 0 Å². The van der Waals surface area contributed by atoms with Crippen molar-refractivity contribution in [3.05, 3.63) is 77.9 Å². The van der Waals surface area contributed by atoms with Crippen molar-refractivity contribution >= 4 is 5.91 Å². The van der Waals surface area contributed by atoms with Crippen molar-refractivity contribution in [3.63, 3.8) is 0 Å². The van der Waals surface area contributed by atoms with Gasteiger partial charge in [-0.1, -0.05) is 30.3 Å². The van der Waals surface area contributed by atoms with Gasteiger partial charge in [-0.3, -0.25) is 9.69 Å². The number of nitrogens with zero attached hydrogens (tertiary/aromatic N) is 5. The molecular weight excluding hydrogens is 393 g/mol. The summed E-state index contributed by atoms with van der Waals surface area (Å²) in [5.74, 6) is 0.433. The molecule has 3 aromatic rings. The molecule has 0 radical (unpaired) electrons. The first-order chi connectivity index (χ1) is 15.1. The molecule has 0 N–H and O–H groups in total. The Bertz CT molecular complexity index is 1060. The average molecular weight is 420 g/mol. The summed E-state index contributed by atoms with van der Waals surface area (Å²) in [5, 5.41) is 8.26. The molecule has 3 heterocycles. The first kappa shape index (κ1) is 19.9. The number of aromatic nitrogens is 3. The van der Waals surface area contributed by atoms with Crippen LogP contribution >= 0.6 is 0 Å². The predicted molar refractivity (Wildman–Crippen MR) is 115 cm³/mol. The number of hydrogen-bond donors (Lipinski definition) is 0. The number of amides is 1. The second kappa shape index (κ2) is 8.23. The van der Waals surface area contributed by atoms with Gasteiger partial charge in [-0.05, 0) is 48.9 Å². The molecule has 5 rings (SSSR count). The monoisotopic (exact) mass is 419 g/mol. The molecule has 2 saturated heterocycles. The number of benzene rings is 2. The molecule has 1 aromatic heterocycles. The van der Waals surface area contributed by atoms with Gasteiger partial charge >= 0.3 is 0 Å². The summed E-state index contributed by atoms with van der Waals surface area (Å²) < 4.78 is 14.1. The van der Waals surface area contributed by atoms with Gasteiger partial charge in [0.25, 0.3) is 5.91 Å². The van der Waals surface area contributed by atoms with Gasteiger partial charge in [0.2, 0.25) is 0 Å². The van der Waals surface area contributed by atoms with E-state index in [1.807, 2.05) is 11.0 Å². The van der Waals surface area contributed by atoms with Gasteiger partial charge in [0, 0.05) is 32.2 Å². The second-order valence-corrected chi connectivity index (χ2v) is 8.72. The minimum absolute atomic E-state index is 0.104. The van der Waals surface area contributed by atoms with Crippen molar-refractivity contribution in [1.29, 1.82) is 0 Å². The minimum Gasteiger partial charge on any atom is -0.336 e. The van der Waals surface area contributed by atoms with Gasteiger partial charge in [-0.25, -0.2) is 4.39 Å². The number of rotatable bonds is 4. The molecule has 0 spiro atoms. The molecule has 0 saturated carbocycles. The van der Waals surface area contributed by atoms with E-state index in [1.54, 1.807) is 18.5 Å². The number of carbonyl (C=O) groups is 1. The highest BCUT2D eigenvalue weighted by Crippen LogP contribution is 2.36. The molecule has 7 heteroatoms. The summed E-state index contributed by atoms with van der Waals surface area (Å²) in [7, 11) is 0. The van der Waals surface area contributed by atoms with Crippen LogP contribution in [0.15, 0.2) is 60.9 Å². The van der Waals surface area contributed by atoms with Crippen LogP contribution in [0.5, 0.6) is 0 Å². The third kappa shape index (κ3) is 3.97. The Morgan fingerprint density at radius 2 is 1.77 bits per heavy atom. The van der Waals surface area contributed by atoms with Gasteiger partial charge in [-0.15, -0.1) is 0 Å². The normalized spacial score (nSPS) is 23.7. The molecule has 3 atom stereocenters. The van der Waals surface area contributed by atoms with E-state index < -0.39 is 5.82 Å². The van der Waals surface area contributed by atoms with E-state index in [2.05, 4.69) is 46.3 Å². The average Bonchev–Trinajstić information content (AvgIpc) is 3.43. The molecule has 31 heavy (non-hydrogen) atoms. The van der Waals surface area contributed by atoms with Crippen LogP contribution in [0.4, 0.5) is 4.39 Å². The lowest BCUT2D eigenvalue weighted by Crippen LogP contribution is -2.49. The van der Waals surface area contributed by atoms with E-state index in [0.717, 1.165) is 26.1 Å². The number of piperidine rings is 1. The van der Waals surface area contributed by atoms with Crippen molar-refractivity contribution in [1.82, 2.24) is 24.8 Å². The van der Waals surface area contributed by atoms with Crippen LogP contribution < -0.4 is 0 Å². The third-order valence-electron chi connectivity index (χ3n) is 6.59. The molecule has 2 aliphatic heterocycles. The number of hydrogen-bond acceptors (Lipinski definition) is 4. The quantitative estimate of drug-likeness (QED) is 0.651. The molecule has 160 valence electrons. The SMILES string of the molecule is C[C@@H]1C[C@H]2CN(Cc3ccccc3)C[C@H]2CN1C(=O)c1cc(F)ccc1-n1nccn1. The molecule has 2 fully saturated rings. The Morgan fingerprint density at radius 1 is 1.03 bits per heavy atom. The molecule has 0 bridgehead atoms. The zero-order valence-electron chi connectivity index (χ0n) is 17.6. The van der Waals surface area contributed by atoms with E-state index in [-0.39, 0.29) is 11.9 Å². The van der Waals surface area contributed by atoms with E-state index in [4.69, 9.17) is 0 Å². The zero-order chi connectivity index (χ0) is 21.4. The lowest BCUT2D eigenvalue weighted by Gasteiger charge is -2.40. The number of likely N-dealkylation sites (tertiary alicyclic amines) is 2. The van der Waals surface area contributed by atoms with Crippen molar-refractivity contribution < 1.29 is 9.18 Å². The Balaban J connectivity index is 1.34. The van der Waals surface area contributed by atoms with Crippen molar-refractivity contribution in [2.45, 2.75) is 25.9 Å². The lowest BCUT2D eigenvalue weighted by molar-refractivity contribution is 0.0505. The Kier molecular flexibility index (Phi) is 5.28. The van der Waals surface area contributed by atoms with Crippen molar-refractivity contribution in [2.75, 3.05) is 19.6 Å². The van der Waals surface area contributed by atoms with E-state index in [9.17, 15) is 9.18 Å². The fourth-order valence-electron chi connectivity index (χ4n) is 5.11. The maximum atomic E-state index is 14.1. The molecule has 0 aliphatic carbocycles. The molecule has 0 unspecified atom stereocenters. The molecular formula is C24H26FN5O. The summed E-state index contributed by atoms with van der Waals surface area (Å²) in [6.45, 7) is 5.77. The van der Waals surface area contributed by atoms with Gasteiger partial charge in [0.1, 0.15) is 5.82 Å². The van der Waals surface area contributed by atoms with Crippen LogP contribution in [-0.4, -0.2) is 56.4 Å². The van der Waals surface area contributed by atoms with E-state index in [1.165, 1.54) is 22.5 Å². The molecule has 2 aromatic carbocycles. The molecule has 2 aliphatic rings.